The third-order valence-electron chi connectivity index (χ3n) is 0.365. The number of carboxylic acids is 1. The molecule has 4 nitrogen and oxygen atoms in total. The van der Waals surface area contributed by atoms with Gasteiger partial charge in [0.2, 0.25) is 0 Å². The SMILES string of the molecule is C=C(C)C(=O)O.NNCl. The highest BCUT2D eigenvalue weighted by atomic mass is 35.5. The molecule has 0 aromatic carbocycles. The highest BCUT2D eigenvalue weighted by Crippen LogP contribution is 1.81. The smallest absolute Gasteiger partial charge is 0.330 e. The number of carbonyl (C=O) groups is 1. The summed E-state index contributed by atoms with van der Waals surface area (Å²) < 4.78 is 0. The van der Waals surface area contributed by atoms with Gasteiger partial charge in [-0.3, -0.25) is 5.84 Å². The maximum Gasteiger partial charge on any atom is 0.330 e. The van der Waals surface area contributed by atoms with Crippen molar-refractivity contribution >= 4 is 17.7 Å². The van der Waals surface area contributed by atoms with Crippen molar-refractivity contribution in [2.75, 3.05) is 0 Å². The standard InChI is InChI=1S/C4H6O2.ClH3N2/c1-3(2)4(5)6;1-3-2/h1H2,2H3,(H,5,6);3H,2H2. The number of nitrogens with two attached hydrogens (primary N) is 1. The van der Waals surface area contributed by atoms with Crippen LogP contribution in [-0.2, 0) is 4.79 Å². The van der Waals surface area contributed by atoms with Crippen LogP contribution in [0.15, 0.2) is 12.2 Å². The summed E-state index contributed by atoms with van der Waals surface area (Å²) in [4.78, 5) is 11.3. The molecular weight excluding hydrogens is 144 g/mol. The molecule has 0 aromatic heterocycles. The number of hydrogen-bond acceptors (Lipinski definition) is 3. The van der Waals surface area contributed by atoms with Gasteiger partial charge in [-0.05, 0) is 18.7 Å². The zero-order valence-corrected chi connectivity index (χ0v) is 5.77. The summed E-state index contributed by atoms with van der Waals surface area (Å²) in [5, 5.41) is 7.89. The average molecular weight is 153 g/mol. The molecular formula is C4H9ClN2O2. The molecule has 0 amide bonds. The van der Waals surface area contributed by atoms with Crippen LogP contribution in [0.2, 0.25) is 0 Å². The fourth-order valence-corrected chi connectivity index (χ4v) is 0. The summed E-state index contributed by atoms with van der Waals surface area (Å²) in [6.07, 6.45) is 0. The Bertz CT molecular complexity index is 92.7. The monoisotopic (exact) mass is 152 g/mol. The predicted octanol–water partition coefficient (Wildman–Crippen LogP) is 0.251. The number of aliphatic carboxylic acids is 1. The van der Waals surface area contributed by atoms with E-state index in [-0.39, 0.29) is 5.57 Å². The second kappa shape index (κ2) is 7.42. The Labute approximate surface area is 58.4 Å². The first-order valence-electron chi connectivity index (χ1n) is 2.01. The van der Waals surface area contributed by atoms with E-state index in [9.17, 15) is 4.79 Å². The lowest BCUT2D eigenvalue weighted by Crippen LogP contribution is -2.05. The largest absolute Gasteiger partial charge is 0.478 e. The molecule has 9 heavy (non-hydrogen) atoms. The maximum absolute atomic E-state index is 9.60. The molecule has 0 fully saturated rings. The second-order valence-electron chi connectivity index (χ2n) is 1.19. The van der Waals surface area contributed by atoms with Gasteiger partial charge in [0.1, 0.15) is 0 Å². The van der Waals surface area contributed by atoms with Crippen LogP contribution in [0, 0.1) is 0 Å². The van der Waals surface area contributed by atoms with Crippen LogP contribution in [0.25, 0.3) is 0 Å². The van der Waals surface area contributed by atoms with E-state index < -0.39 is 5.97 Å². The lowest BCUT2D eigenvalue weighted by atomic mass is 10.4. The molecule has 0 heterocycles. The number of hydrogen-bond donors (Lipinski definition) is 3. The number of hydrazine groups is 1. The third kappa shape index (κ3) is 18.6. The molecule has 0 rings (SSSR count). The van der Waals surface area contributed by atoms with Crippen LogP contribution in [-0.4, -0.2) is 11.1 Å². The lowest BCUT2D eigenvalue weighted by molar-refractivity contribution is -0.132. The first-order chi connectivity index (χ1) is 4.06. The minimum atomic E-state index is -0.935. The number of nitrogens with one attached hydrogen (secondary N) is 1. The van der Waals surface area contributed by atoms with Gasteiger partial charge in [-0.25, -0.2) is 4.79 Å². The molecule has 0 aromatic rings. The molecule has 0 aliphatic rings. The van der Waals surface area contributed by atoms with Crippen molar-refractivity contribution < 1.29 is 9.90 Å². The maximum atomic E-state index is 9.60. The number of rotatable bonds is 1. The fourth-order valence-electron chi connectivity index (χ4n) is 0. The molecule has 0 saturated carbocycles. The first-order valence-corrected chi connectivity index (χ1v) is 2.39. The van der Waals surface area contributed by atoms with E-state index in [4.69, 9.17) is 5.11 Å². The molecule has 0 radical (unpaired) electrons. The van der Waals surface area contributed by atoms with E-state index in [0.29, 0.717) is 0 Å². The molecule has 0 unspecified atom stereocenters. The van der Waals surface area contributed by atoms with Gasteiger partial charge < -0.3 is 5.11 Å². The van der Waals surface area contributed by atoms with E-state index in [1.807, 2.05) is 0 Å². The van der Waals surface area contributed by atoms with E-state index in [2.05, 4.69) is 24.2 Å². The van der Waals surface area contributed by atoms with Crippen LogP contribution >= 0.6 is 11.8 Å². The van der Waals surface area contributed by atoms with E-state index in [1.165, 1.54) is 6.92 Å². The summed E-state index contributed by atoms with van der Waals surface area (Å²) >= 11 is 4.53. The molecule has 0 aliphatic carbocycles. The number of carboxylic acid groups (broad SMARTS) is 1. The summed E-state index contributed by atoms with van der Waals surface area (Å²) in [5.41, 5.74) is 0.176. The van der Waals surface area contributed by atoms with Crippen molar-refractivity contribution in [3.8, 4) is 0 Å². The molecule has 5 heteroatoms. The Hall–Kier alpha value is -0.580. The molecule has 0 aliphatic heterocycles. The Morgan fingerprint density at radius 1 is 1.89 bits per heavy atom. The van der Waals surface area contributed by atoms with Gasteiger partial charge in [-0.15, -0.1) is 0 Å². The third-order valence-corrected chi connectivity index (χ3v) is 0.365. The Morgan fingerprint density at radius 2 is 2.00 bits per heavy atom. The Balaban J connectivity index is 0. The highest BCUT2D eigenvalue weighted by molar-refractivity contribution is 6.12. The van der Waals surface area contributed by atoms with Crippen molar-refractivity contribution in [3.63, 3.8) is 0 Å². The normalized spacial score (nSPS) is 7.00. The molecule has 0 spiro atoms. The van der Waals surface area contributed by atoms with Crippen LogP contribution in [0.4, 0.5) is 0 Å². The van der Waals surface area contributed by atoms with Crippen LogP contribution in [0.3, 0.4) is 0 Å². The van der Waals surface area contributed by atoms with Crippen LogP contribution < -0.4 is 10.8 Å². The Morgan fingerprint density at radius 3 is 2.00 bits per heavy atom. The van der Waals surface area contributed by atoms with Gasteiger partial charge in [0, 0.05) is 5.57 Å². The van der Waals surface area contributed by atoms with Crippen LogP contribution in [0.5, 0.6) is 0 Å². The molecule has 0 bridgehead atoms. The van der Waals surface area contributed by atoms with Gasteiger partial charge in [-0.1, -0.05) is 6.58 Å². The average Bonchev–Trinajstić information content (AvgIpc) is 1.68. The van der Waals surface area contributed by atoms with Gasteiger partial charge in [0.15, 0.2) is 0 Å². The summed E-state index contributed by atoms with van der Waals surface area (Å²) in [5.74, 6) is 3.43. The van der Waals surface area contributed by atoms with E-state index in [0.717, 1.165) is 0 Å². The first kappa shape index (κ1) is 11.2. The zero-order chi connectivity index (χ0) is 7.86. The quantitative estimate of drug-likeness (QED) is 0.218. The Kier molecular flexibility index (Phi) is 9.27. The van der Waals surface area contributed by atoms with E-state index >= 15 is 0 Å². The predicted molar refractivity (Wildman–Crippen MR) is 35.6 cm³/mol. The number of halogens is 1. The minimum Gasteiger partial charge on any atom is -0.478 e. The van der Waals surface area contributed by atoms with E-state index in [1.54, 1.807) is 4.94 Å². The highest BCUT2D eigenvalue weighted by Gasteiger charge is 1.90. The molecule has 54 valence electrons. The zero-order valence-electron chi connectivity index (χ0n) is 5.02. The van der Waals surface area contributed by atoms with Gasteiger partial charge in [0.25, 0.3) is 0 Å². The van der Waals surface area contributed by atoms with Crippen molar-refractivity contribution in [3.05, 3.63) is 12.2 Å². The van der Waals surface area contributed by atoms with Gasteiger partial charge >= 0.3 is 5.97 Å². The minimum absolute atomic E-state index is 0.176. The summed E-state index contributed by atoms with van der Waals surface area (Å²) in [6, 6.07) is 0. The van der Waals surface area contributed by atoms with Crippen molar-refractivity contribution in [1.29, 1.82) is 0 Å². The molecule has 4 N–H and O–H groups in total. The van der Waals surface area contributed by atoms with Gasteiger partial charge in [-0.2, -0.15) is 4.94 Å². The van der Waals surface area contributed by atoms with Crippen LogP contribution in [0.1, 0.15) is 6.92 Å². The summed E-state index contributed by atoms with van der Waals surface area (Å²) in [6.45, 7) is 4.60. The van der Waals surface area contributed by atoms with Crippen molar-refractivity contribution in [1.82, 2.24) is 4.94 Å². The van der Waals surface area contributed by atoms with Crippen molar-refractivity contribution in [2.24, 2.45) is 5.84 Å². The topological polar surface area (TPSA) is 75.3 Å². The molecule has 0 atom stereocenters. The van der Waals surface area contributed by atoms with Crippen molar-refractivity contribution in [2.45, 2.75) is 6.92 Å². The second-order valence-corrected chi connectivity index (χ2v) is 1.41. The molecule has 0 saturated heterocycles. The lowest BCUT2D eigenvalue weighted by Gasteiger charge is -1.79. The summed E-state index contributed by atoms with van der Waals surface area (Å²) in [7, 11) is 0. The van der Waals surface area contributed by atoms with Gasteiger partial charge in [0.05, 0.1) is 0 Å². The fraction of sp³-hybridized carbons (Fsp3) is 0.250.